The van der Waals surface area contributed by atoms with Gasteiger partial charge in [0.1, 0.15) is 5.82 Å². The second-order valence-electron chi connectivity index (χ2n) is 6.69. The molecular weight excluding hydrogens is 300 g/mol. The Labute approximate surface area is 143 Å². The molecule has 1 aliphatic rings. The molecule has 0 spiro atoms. The Hall–Kier alpha value is -1.72. The van der Waals surface area contributed by atoms with E-state index in [1.165, 1.54) is 0 Å². The highest BCUT2D eigenvalue weighted by atomic mass is 16.1. The maximum absolute atomic E-state index is 12.9. The average Bonchev–Trinajstić information content (AvgIpc) is 2.59. The summed E-state index contributed by atoms with van der Waals surface area (Å²) in [7, 11) is 0. The molecule has 130 valence electrons. The van der Waals surface area contributed by atoms with Gasteiger partial charge >= 0.3 is 0 Å². The second-order valence-corrected chi connectivity index (χ2v) is 6.69. The van der Waals surface area contributed by atoms with Crippen LogP contribution in [0.1, 0.15) is 45.5 Å². The van der Waals surface area contributed by atoms with Crippen LogP contribution in [-0.2, 0) is 6.54 Å². The van der Waals surface area contributed by atoms with Gasteiger partial charge < -0.3 is 5.32 Å². The lowest BCUT2D eigenvalue weighted by atomic mass is 10.1. The fourth-order valence-corrected chi connectivity index (χ4v) is 3.74. The molecule has 0 unspecified atom stereocenters. The Morgan fingerprint density at radius 1 is 1.33 bits per heavy atom. The van der Waals surface area contributed by atoms with E-state index in [4.69, 9.17) is 4.98 Å². The summed E-state index contributed by atoms with van der Waals surface area (Å²) < 4.78 is 1.87. The Morgan fingerprint density at radius 3 is 2.83 bits per heavy atom. The molecule has 0 aliphatic carbocycles. The number of piperazine rings is 1. The van der Waals surface area contributed by atoms with Crippen molar-refractivity contribution in [2.45, 2.75) is 52.2 Å². The van der Waals surface area contributed by atoms with Crippen LogP contribution in [0.15, 0.2) is 29.1 Å². The molecule has 24 heavy (non-hydrogen) atoms. The normalized spacial score (nSPS) is 20.4. The maximum atomic E-state index is 12.9. The van der Waals surface area contributed by atoms with Gasteiger partial charge in [-0.3, -0.25) is 14.3 Å². The number of hydrogen-bond donors (Lipinski definition) is 1. The van der Waals surface area contributed by atoms with Crippen LogP contribution in [-0.4, -0.2) is 40.1 Å². The van der Waals surface area contributed by atoms with Gasteiger partial charge in [0, 0.05) is 32.2 Å². The number of rotatable bonds is 5. The summed E-state index contributed by atoms with van der Waals surface area (Å²) in [6.07, 6.45) is 2.10. The summed E-state index contributed by atoms with van der Waals surface area (Å²) in [5, 5.41) is 4.21. The summed E-state index contributed by atoms with van der Waals surface area (Å²) in [5.41, 5.74) is 0.897. The zero-order valence-electron chi connectivity index (χ0n) is 15.0. The molecule has 2 atom stereocenters. The molecule has 0 radical (unpaired) electrons. The quantitative estimate of drug-likeness (QED) is 0.916. The van der Waals surface area contributed by atoms with E-state index in [1.54, 1.807) is 0 Å². The molecule has 2 aromatic rings. The summed E-state index contributed by atoms with van der Waals surface area (Å²) >= 11 is 0. The summed E-state index contributed by atoms with van der Waals surface area (Å²) in [5.74, 6) is 0.928. The van der Waals surface area contributed by atoms with Gasteiger partial charge in [0.2, 0.25) is 0 Å². The number of aromatic nitrogens is 2. The first kappa shape index (κ1) is 17.1. The first-order chi connectivity index (χ1) is 11.7. The topological polar surface area (TPSA) is 50.2 Å². The Bertz CT molecular complexity index is 755. The molecule has 1 N–H and O–H groups in total. The van der Waals surface area contributed by atoms with Crippen molar-refractivity contribution in [1.29, 1.82) is 0 Å². The zero-order valence-corrected chi connectivity index (χ0v) is 15.0. The number of para-hydroxylation sites is 1. The van der Waals surface area contributed by atoms with E-state index in [2.05, 4.69) is 24.1 Å². The third-order valence-corrected chi connectivity index (χ3v) is 4.91. The molecule has 1 aliphatic heterocycles. The lowest BCUT2D eigenvalue weighted by molar-refractivity contribution is 0.132. The fraction of sp³-hybridized carbons (Fsp3) is 0.579. The minimum atomic E-state index is 0.0855. The third-order valence-electron chi connectivity index (χ3n) is 4.91. The molecule has 2 heterocycles. The van der Waals surface area contributed by atoms with E-state index in [0.29, 0.717) is 18.0 Å². The molecule has 0 bridgehead atoms. The van der Waals surface area contributed by atoms with Crippen molar-refractivity contribution < 1.29 is 0 Å². The number of fused-ring (bicyclic) bond motifs is 1. The van der Waals surface area contributed by atoms with Gasteiger partial charge in [-0.15, -0.1) is 0 Å². The molecule has 1 fully saturated rings. The van der Waals surface area contributed by atoms with E-state index >= 15 is 0 Å². The highest BCUT2D eigenvalue weighted by molar-refractivity contribution is 5.77. The molecule has 3 rings (SSSR count). The molecule has 1 saturated heterocycles. The number of hydrogen-bond acceptors (Lipinski definition) is 4. The largest absolute Gasteiger partial charge is 0.312 e. The number of benzene rings is 1. The van der Waals surface area contributed by atoms with Crippen LogP contribution in [0.5, 0.6) is 0 Å². The lowest BCUT2D eigenvalue weighted by Gasteiger charge is -2.38. The van der Waals surface area contributed by atoms with Crippen molar-refractivity contribution in [3.05, 3.63) is 40.4 Å². The van der Waals surface area contributed by atoms with Gasteiger partial charge in [-0.1, -0.05) is 25.5 Å². The maximum Gasteiger partial charge on any atom is 0.261 e. The standard InChI is InChI=1S/C19H28N4O/c1-4-8-17(22-12-11-20-14(3)13-22)18-21-16-10-7-6-9-15(16)19(24)23(18)5-2/h6-7,9-10,14,17,20H,4-5,8,11-13H2,1-3H3/t14-,17+/m0/s1. The SMILES string of the molecule is CCC[C@H](c1nc2ccccc2c(=O)n1CC)N1CCN[C@@H](C)C1. The van der Waals surface area contributed by atoms with Crippen LogP contribution >= 0.6 is 0 Å². The molecular formula is C19H28N4O. The molecule has 5 heteroatoms. The highest BCUT2D eigenvalue weighted by Crippen LogP contribution is 2.26. The van der Waals surface area contributed by atoms with Crippen molar-refractivity contribution in [3.8, 4) is 0 Å². The first-order valence-corrected chi connectivity index (χ1v) is 9.12. The Morgan fingerprint density at radius 2 is 2.12 bits per heavy atom. The number of nitrogens with zero attached hydrogens (tertiary/aromatic N) is 3. The van der Waals surface area contributed by atoms with E-state index in [9.17, 15) is 4.79 Å². The van der Waals surface area contributed by atoms with Crippen molar-refractivity contribution in [1.82, 2.24) is 19.8 Å². The second kappa shape index (κ2) is 7.45. The van der Waals surface area contributed by atoms with Crippen LogP contribution in [0.25, 0.3) is 10.9 Å². The molecule has 1 aromatic heterocycles. The average molecular weight is 328 g/mol. The highest BCUT2D eigenvalue weighted by Gasteiger charge is 2.28. The van der Waals surface area contributed by atoms with Crippen molar-refractivity contribution in [3.63, 3.8) is 0 Å². The summed E-state index contributed by atoms with van der Waals surface area (Å²) in [6, 6.07) is 8.37. The van der Waals surface area contributed by atoms with E-state index in [0.717, 1.165) is 43.8 Å². The summed E-state index contributed by atoms with van der Waals surface area (Å²) in [4.78, 5) is 20.3. The Kier molecular flexibility index (Phi) is 5.31. The fourth-order valence-electron chi connectivity index (χ4n) is 3.74. The molecule has 0 amide bonds. The molecule has 5 nitrogen and oxygen atoms in total. The smallest absolute Gasteiger partial charge is 0.261 e. The van der Waals surface area contributed by atoms with Gasteiger partial charge in [-0.2, -0.15) is 0 Å². The van der Waals surface area contributed by atoms with Crippen LogP contribution in [0, 0.1) is 0 Å². The molecule has 0 saturated carbocycles. The van der Waals surface area contributed by atoms with Crippen molar-refractivity contribution in [2.75, 3.05) is 19.6 Å². The third kappa shape index (κ3) is 3.23. The minimum Gasteiger partial charge on any atom is -0.312 e. The minimum absolute atomic E-state index is 0.0855. The van der Waals surface area contributed by atoms with E-state index < -0.39 is 0 Å². The summed E-state index contributed by atoms with van der Waals surface area (Å²) in [6.45, 7) is 10.1. The number of nitrogens with one attached hydrogen (secondary N) is 1. The van der Waals surface area contributed by atoms with Crippen molar-refractivity contribution >= 4 is 10.9 Å². The zero-order chi connectivity index (χ0) is 17.1. The van der Waals surface area contributed by atoms with Gasteiger partial charge in [0.25, 0.3) is 5.56 Å². The van der Waals surface area contributed by atoms with Crippen LogP contribution in [0.2, 0.25) is 0 Å². The lowest BCUT2D eigenvalue weighted by Crippen LogP contribution is -2.51. The van der Waals surface area contributed by atoms with Crippen molar-refractivity contribution in [2.24, 2.45) is 0 Å². The Balaban J connectivity index is 2.11. The van der Waals surface area contributed by atoms with Crippen LogP contribution in [0.4, 0.5) is 0 Å². The van der Waals surface area contributed by atoms with E-state index in [-0.39, 0.29) is 11.6 Å². The van der Waals surface area contributed by atoms with Crippen LogP contribution < -0.4 is 10.9 Å². The molecule has 1 aromatic carbocycles. The van der Waals surface area contributed by atoms with Gasteiger partial charge in [0.05, 0.1) is 16.9 Å². The van der Waals surface area contributed by atoms with Crippen LogP contribution in [0.3, 0.4) is 0 Å². The predicted molar refractivity (Wildman–Crippen MR) is 98.4 cm³/mol. The van der Waals surface area contributed by atoms with Gasteiger partial charge in [-0.25, -0.2) is 4.98 Å². The van der Waals surface area contributed by atoms with E-state index in [1.807, 2.05) is 35.8 Å². The van der Waals surface area contributed by atoms with Gasteiger partial charge in [0.15, 0.2) is 0 Å². The predicted octanol–water partition coefficient (Wildman–Crippen LogP) is 2.55. The monoisotopic (exact) mass is 328 g/mol. The van der Waals surface area contributed by atoms with Gasteiger partial charge in [-0.05, 0) is 32.4 Å². The first-order valence-electron chi connectivity index (χ1n) is 9.12.